The van der Waals surface area contributed by atoms with E-state index >= 15 is 0 Å². The van der Waals surface area contributed by atoms with E-state index in [0.717, 1.165) is 6.42 Å². The van der Waals surface area contributed by atoms with Gasteiger partial charge in [0, 0.05) is 10.6 Å². The zero-order chi connectivity index (χ0) is 5.70. The van der Waals surface area contributed by atoms with E-state index in [1.807, 2.05) is 6.92 Å². The third-order valence-electron chi connectivity index (χ3n) is 0.854. The molecule has 0 fully saturated rings. The van der Waals surface area contributed by atoms with Crippen molar-refractivity contribution in [1.29, 1.82) is 0 Å². The summed E-state index contributed by atoms with van der Waals surface area (Å²) in [5.74, 6) is 0. The maximum absolute atomic E-state index is 9.93. The highest BCUT2D eigenvalue weighted by Crippen LogP contribution is 1.87. The molecule has 0 aliphatic rings. The van der Waals surface area contributed by atoms with Crippen LogP contribution in [0.1, 0.15) is 13.3 Å². The molecule has 0 radical (unpaired) electrons. The van der Waals surface area contributed by atoms with Crippen molar-refractivity contribution < 1.29 is 4.21 Å². The molecule has 42 valence electrons. The molecule has 1 atom stereocenters. The summed E-state index contributed by atoms with van der Waals surface area (Å²) in [4.78, 5) is 0. The summed E-state index contributed by atoms with van der Waals surface area (Å²) >= 11 is 0.595. The quantitative estimate of drug-likeness (QED) is 0.539. The van der Waals surface area contributed by atoms with Crippen LogP contribution in [0.15, 0.2) is 0 Å². The van der Waals surface area contributed by atoms with Crippen molar-refractivity contribution in [3.05, 3.63) is 0 Å². The summed E-state index contributed by atoms with van der Waals surface area (Å²) in [5.41, 5.74) is 5.17. The predicted octanol–water partition coefficient (Wildman–Crippen LogP) is 0.152. The Balaban J connectivity index is 3.16. The van der Waals surface area contributed by atoms with Gasteiger partial charge in [0.15, 0.2) is 0 Å². The molecular formula is C4H10NOS+. The second-order valence-corrected chi connectivity index (χ2v) is 2.22. The normalized spacial score (nSPS) is 13.4. The average Bonchev–Trinajstić information content (AvgIpc) is 1.72. The topological polar surface area (TPSA) is 43.1 Å². The lowest BCUT2D eigenvalue weighted by Crippen LogP contribution is -2.17. The largest absolute Gasteiger partial charge is 0.463 e. The molecule has 0 amide bonds. The summed E-state index contributed by atoms with van der Waals surface area (Å²) in [7, 11) is 0. The minimum absolute atomic E-state index is 0.125. The van der Waals surface area contributed by atoms with E-state index in [1.165, 1.54) is 0 Å². The van der Waals surface area contributed by atoms with Crippen LogP contribution in [0.3, 0.4) is 0 Å². The number of rotatable bonds is 3. The number of hydrogen-bond donors (Lipinski definition) is 1. The molecule has 0 aliphatic carbocycles. The van der Waals surface area contributed by atoms with Crippen molar-refractivity contribution in [2.24, 2.45) is 5.73 Å². The SMILES string of the molecule is CCC(CN)[S+]=O. The van der Waals surface area contributed by atoms with Crippen molar-refractivity contribution in [3.63, 3.8) is 0 Å². The Bertz CT molecular complexity index is 53.7. The fourth-order valence-corrected chi connectivity index (χ4v) is 0.489. The Hall–Kier alpha value is -0.0200. The van der Waals surface area contributed by atoms with Gasteiger partial charge in [0.2, 0.25) is 5.25 Å². The minimum Gasteiger partial charge on any atom is -0.325 e. The second kappa shape index (κ2) is 4.15. The van der Waals surface area contributed by atoms with E-state index in [4.69, 9.17) is 5.73 Å². The van der Waals surface area contributed by atoms with Crippen molar-refractivity contribution in [2.75, 3.05) is 6.54 Å². The fourth-order valence-electron chi connectivity index (χ4n) is 0.274. The molecule has 0 heterocycles. The Morgan fingerprint density at radius 2 is 2.43 bits per heavy atom. The van der Waals surface area contributed by atoms with E-state index in [9.17, 15) is 4.21 Å². The van der Waals surface area contributed by atoms with Crippen LogP contribution in [-0.4, -0.2) is 11.8 Å². The number of nitrogens with two attached hydrogens (primary N) is 1. The summed E-state index contributed by atoms with van der Waals surface area (Å²) in [6.45, 7) is 2.47. The smallest absolute Gasteiger partial charge is 0.325 e. The van der Waals surface area contributed by atoms with Gasteiger partial charge in [0.25, 0.3) is 0 Å². The van der Waals surface area contributed by atoms with Crippen molar-refractivity contribution in [3.8, 4) is 0 Å². The maximum atomic E-state index is 9.93. The Kier molecular flexibility index (Phi) is 4.14. The van der Waals surface area contributed by atoms with Gasteiger partial charge in [-0.05, 0) is 0 Å². The standard InChI is InChI=1S/C4H10NOS/c1-2-4(3-5)7-6/h4H,2-3,5H2,1H3/q+1. The van der Waals surface area contributed by atoms with E-state index in [-0.39, 0.29) is 5.25 Å². The maximum Gasteiger partial charge on any atom is 0.463 e. The van der Waals surface area contributed by atoms with Crippen molar-refractivity contribution in [1.82, 2.24) is 0 Å². The molecule has 0 bridgehead atoms. The Morgan fingerprint density at radius 1 is 1.86 bits per heavy atom. The lowest BCUT2D eigenvalue weighted by molar-refractivity contribution is 0.595. The molecule has 2 N–H and O–H groups in total. The van der Waals surface area contributed by atoms with E-state index < -0.39 is 0 Å². The minimum atomic E-state index is 0.125. The summed E-state index contributed by atoms with van der Waals surface area (Å²) in [5, 5.41) is 0.125. The van der Waals surface area contributed by atoms with Gasteiger partial charge in [0.1, 0.15) is 0 Å². The summed E-state index contributed by atoms with van der Waals surface area (Å²) < 4.78 is 9.93. The highest BCUT2D eigenvalue weighted by atomic mass is 32.1. The van der Waals surface area contributed by atoms with Crippen LogP contribution < -0.4 is 5.73 Å². The third kappa shape index (κ3) is 2.65. The molecule has 0 rings (SSSR count). The molecular weight excluding hydrogens is 110 g/mol. The molecule has 0 aliphatic heterocycles. The lowest BCUT2D eigenvalue weighted by atomic mass is 10.3. The zero-order valence-electron chi connectivity index (χ0n) is 4.39. The first-order valence-electron chi connectivity index (χ1n) is 2.33. The first-order valence-corrected chi connectivity index (χ1v) is 3.14. The molecule has 3 heteroatoms. The highest BCUT2D eigenvalue weighted by molar-refractivity contribution is 7.66. The molecule has 0 aromatic heterocycles. The monoisotopic (exact) mass is 120 g/mol. The van der Waals surface area contributed by atoms with E-state index in [1.54, 1.807) is 0 Å². The van der Waals surface area contributed by atoms with Crippen LogP contribution in [0.5, 0.6) is 0 Å². The van der Waals surface area contributed by atoms with E-state index in [2.05, 4.69) is 0 Å². The van der Waals surface area contributed by atoms with Crippen molar-refractivity contribution in [2.45, 2.75) is 18.6 Å². The molecule has 2 nitrogen and oxygen atoms in total. The van der Waals surface area contributed by atoms with E-state index in [0.29, 0.717) is 18.2 Å². The van der Waals surface area contributed by atoms with Gasteiger partial charge >= 0.3 is 11.7 Å². The summed E-state index contributed by atoms with van der Waals surface area (Å²) in [6.07, 6.45) is 0.880. The van der Waals surface area contributed by atoms with Crippen LogP contribution in [0, 0.1) is 0 Å². The molecule has 0 spiro atoms. The molecule has 1 unspecified atom stereocenters. The molecule has 0 aromatic rings. The third-order valence-corrected chi connectivity index (χ3v) is 1.65. The van der Waals surface area contributed by atoms with Crippen LogP contribution >= 0.6 is 0 Å². The Morgan fingerprint density at radius 3 is 2.43 bits per heavy atom. The van der Waals surface area contributed by atoms with Crippen molar-refractivity contribution >= 4 is 11.7 Å². The van der Waals surface area contributed by atoms with Gasteiger partial charge in [-0.15, -0.1) is 0 Å². The Labute approximate surface area is 47.6 Å². The average molecular weight is 120 g/mol. The van der Waals surface area contributed by atoms with Gasteiger partial charge in [0.05, 0.1) is 6.54 Å². The summed E-state index contributed by atoms with van der Waals surface area (Å²) in [6, 6.07) is 0. The van der Waals surface area contributed by atoms with Gasteiger partial charge in [-0.3, -0.25) is 0 Å². The van der Waals surface area contributed by atoms with Crippen LogP contribution in [0.25, 0.3) is 0 Å². The van der Waals surface area contributed by atoms with Crippen LogP contribution in [0.2, 0.25) is 0 Å². The lowest BCUT2D eigenvalue weighted by Gasteiger charge is -1.84. The predicted molar refractivity (Wildman–Crippen MR) is 31.2 cm³/mol. The van der Waals surface area contributed by atoms with Gasteiger partial charge < -0.3 is 5.73 Å². The molecule has 0 aromatic carbocycles. The molecule has 0 saturated carbocycles. The first kappa shape index (κ1) is 6.98. The first-order chi connectivity index (χ1) is 3.35. The van der Waals surface area contributed by atoms with Gasteiger partial charge in [-0.1, -0.05) is 6.92 Å². The van der Waals surface area contributed by atoms with Gasteiger partial charge in [-0.2, -0.15) is 0 Å². The van der Waals surface area contributed by atoms with Gasteiger partial charge in [-0.25, -0.2) is 0 Å². The zero-order valence-corrected chi connectivity index (χ0v) is 5.20. The highest BCUT2D eigenvalue weighted by Gasteiger charge is 2.14. The number of hydrogen-bond acceptors (Lipinski definition) is 2. The fraction of sp³-hybridized carbons (Fsp3) is 1.00. The second-order valence-electron chi connectivity index (χ2n) is 1.36. The molecule has 7 heavy (non-hydrogen) atoms. The van der Waals surface area contributed by atoms with Crippen LogP contribution in [-0.2, 0) is 15.9 Å². The molecule has 0 saturated heterocycles. The van der Waals surface area contributed by atoms with Crippen LogP contribution in [0.4, 0.5) is 0 Å².